The van der Waals surface area contributed by atoms with Crippen LogP contribution in [0.3, 0.4) is 0 Å². The summed E-state index contributed by atoms with van der Waals surface area (Å²) >= 11 is 0. The first-order valence-electron chi connectivity index (χ1n) is 16.1. The van der Waals surface area contributed by atoms with Crippen LogP contribution in [0.1, 0.15) is 77.6 Å². The van der Waals surface area contributed by atoms with Gasteiger partial charge in [0.15, 0.2) is 0 Å². The smallest absolute Gasteiger partial charge is 0.407 e. The maximum Gasteiger partial charge on any atom is 0.407 e. The van der Waals surface area contributed by atoms with Crippen molar-refractivity contribution in [2.75, 3.05) is 31.1 Å². The number of rotatable bonds is 6. The molecule has 2 N–H and O–H groups in total. The SMILES string of the molecule is O=C1CCC(N2C(=O)c3cccc(N4CCC5(CC4)CC(N4CCC(NC(=O)OCc6ccccc6)CC4)C5)c3C2=O)C(=O)N1. The van der Waals surface area contributed by atoms with Gasteiger partial charge in [0.25, 0.3) is 11.8 Å². The molecular formula is C34H39N5O6. The fourth-order valence-electron chi connectivity index (χ4n) is 7.93. The van der Waals surface area contributed by atoms with Crippen LogP contribution in [0.4, 0.5) is 10.5 Å². The summed E-state index contributed by atoms with van der Waals surface area (Å²) in [7, 11) is 0. The fraction of sp³-hybridized carbons (Fsp3) is 0.500. The van der Waals surface area contributed by atoms with Crippen LogP contribution in [0.2, 0.25) is 0 Å². The quantitative estimate of drug-likeness (QED) is 0.476. The van der Waals surface area contributed by atoms with E-state index in [4.69, 9.17) is 4.74 Å². The van der Waals surface area contributed by atoms with Gasteiger partial charge < -0.3 is 19.9 Å². The van der Waals surface area contributed by atoms with Crippen molar-refractivity contribution in [3.05, 3.63) is 65.2 Å². The van der Waals surface area contributed by atoms with Crippen LogP contribution in [0.15, 0.2) is 48.5 Å². The predicted molar refractivity (Wildman–Crippen MR) is 164 cm³/mol. The van der Waals surface area contributed by atoms with Gasteiger partial charge in [-0.1, -0.05) is 36.4 Å². The van der Waals surface area contributed by atoms with Crippen LogP contribution in [-0.2, 0) is 20.9 Å². The van der Waals surface area contributed by atoms with Crippen LogP contribution in [0.25, 0.3) is 0 Å². The number of nitrogens with one attached hydrogen (secondary N) is 2. The van der Waals surface area contributed by atoms with Crippen molar-refractivity contribution in [3.63, 3.8) is 0 Å². The normalized spacial score (nSPS) is 24.0. The van der Waals surface area contributed by atoms with Crippen molar-refractivity contribution < 1.29 is 28.7 Å². The Morgan fingerprint density at radius 3 is 2.33 bits per heavy atom. The van der Waals surface area contributed by atoms with Gasteiger partial charge in [0.1, 0.15) is 12.6 Å². The highest BCUT2D eigenvalue weighted by Gasteiger charge is 2.50. The van der Waals surface area contributed by atoms with Crippen molar-refractivity contribution in [2.24, 2.45) is 5.41 Å². The monoisotopic (exact) mass is 613 g/mol. The molecule has 5 aliphatic rings. The first-order valence-corrected chi connectivity index (χ1v) is 16.1. The molecule has 3 saturated heterocycles. The van der Waals surface area contributed by atoms with E-state index in [1.165, 1.54) is 0 Å². The van der Waals surface area contributed by atoms with E-state index in [0.29, 0.717) is 22.6 Å². The zero-order valence-electron chi connectivity index (χ0n) is 25.3. The number of piperidine rings is 3. The molecule has 2 aromatic rings. The summed E-state index contributed by atoms with van der Waals surface area (Å²) in [5.74, 6) is -1.90. The highest BCUT2D eigenvalue weighted by Crippen LogP contribution is 2.52. The molecule has 4 heterocycles. The Morgan fingerprint density at radius 2 is 1.62 bits per heavy atom. The van der Waals surface area contributed by atoms with Gasteiger partial charge in [0.2, 0.25) is 11.8 Å². The number of ether oxygens (including phenoxy) is 1. The Morgan fingerprint density at radius 1 is 0.889 bits per heavy atom. The molecule has 4 fully saturated rings. The number of hydrogen-bond donors (Lipinski definition) is 2. The largest absolute Gasteiger partial charge is 0.445 e. The zero-order valence-corrected chi connectivity index (χ0v) is 25.3. The van der Waals surface area contributed by atoms with E-state index in [9.17, 15) is 24.0 Å². The molecule has 45 heavy (non-hydrogen) atoms. The van der Waals surface area contributed by atoms with Crippen LogP contribution in [0, 0.1) is 5.41 Å². The van der Waals surface area contributed by atoms with Gasteiger partial charge in [0, 0.05) is 44.7 Å². The number of benzene rings is 2. The van der Waals surface area contributed by atoms with E-state index in [0.717, 1.165) is 80.9 Å². The van der Waals surface area contributed by atoms with Crippen LogP contribution >= 0.6 is 0 Å². The van der Waals surface area contributed by atoms with Crippen LogP contribution in [0.5, 0.6) is 0 Å². The predicted octanol–water partition coefficient (Wildman–Crippen LogP) is 3.23. The molecule has 11 heteroatoms. The third kappa shape index (κ3) is 5.69. The minimum atomic E-state index is -0.964. The molecule has 2 aromatic carbocycles. The second kappa shape index (κ2) is 11.9. The van der Waals surface area contributed by atoms with Crippen molar-refractivity contribution in [3.8, 4) is 0 Å². The highest BCUT2D eigenvalue weighted by atomic mass is 16.5. The summed E-state index contributed by atoms with van der Waals surface area (Å²) in [4.78, 5) is 69.1. The molecular weight excluding hydrogens is 574 g/mol. The van der Waals surface area contributed by atoms with E-state index < -0.39 is 23.8 Å². The number of likely N-dealkylation sites (tertiary alicyclic amines) is 1. The number of carbonyl (C=O) groups excluding carboxylic acids is 5. The molecule has 1 unspecified atom stereocenters. The third-order valence-electron chi connectivity index (χ3n) is 10.5. The number of fused-ring (bicyclic) bond motifs is 1. The number of nitrogens with zero attached hydrogens (tertiary/aromatic N) is 3. The van der Waals surface area contributed by atoms with Crippen molar-refractivity contribution in [1.82, 2.24) is 20.4 Å². The molecule has 7 rings (SSSR count). The molecule has 5 amide bonds. The molecule has 0 radical (unpaired) electrons. The number of alkyl carbamates (subject to hydrolysis) is 1. The Balaban J connectivity index is 0.891. The van der Waals surface area contributed by atoms with Gasteiger partial charge in [-0.2, -0.15) is 0 Å². The third-order valence-corrected chi connectivity index (χ3v) is 10.5. The summed E-state index contributed by atoms with van der Waals surface area (Å²) in [5, 5.41) is 5.30. The molecule has 1 aliphatic carbocycles. The molecule has 1 spiro atoms. The lowest BCUT2D eigenvalue weighted by atomic mass is 9.59. The van der Waals surface area contributed by atoms with Crippen LogP contribution < -0.4 is 15.5 Å². The summed E-state index contributed by atoms with van der Waals surface area (Å²) in [6.45, 7) is 3.81. The van der Waals surface area contributed by atoms with E-state index in [-0.39, 0.29) is 37.5 Å². The Hall–Kier alpha value is -4.25. The minimum absolute atomic E-state index is 0.102. The van der Waals surface area contributed by atoms with E-state index in [2.05, 4.69) is 20.4 Å². The second-order valence-electron chi connectivity index (χ2n) is 13.2. The van der Waals surface area contributed by atoms with Crippen molar-refractivity contribution in [2.45, 2.75) is 76.1 Å². The number of amides is 5. The summed E-state index contributed by atoms with van der Waals surface area (Å²) in [6.07, 6.45) is 6.09. The minimum Gasteiger partial charge on any atom is -0.445 e. The topological polar surface area (TPSA) is 128 Å². The van der Waals surface area contributed by atoms with Gasteiger partial charge >= 0.3 is 6.09 Å². The fourth-order valence-corrected chi connectivity index (χ4v) is 7.93. The van der Waals surface area contributed by atoms with E-state index in [1.807, 2.05) is 36.4 Å². The van der Waals surface area contributed by atoms with Crippen molar-refractivity contribution in [1.29, 1.82) is 0 Å². The molecule has 236 valence electrons. The number of carbonyl (C=O) groups is 5. The summed E-state index contributed by atoms with van der Waals surface area (Å²) < 4.78 is 5.40. The lowest BCUT2D eigenvalue weighted by molar-refractivity contribution is -0.136. The number of anilines is 1. The highest BCUT2D eigenvalue weighted by molar-refractivity contribution is 6.25. The molecule has 11 nitrogen and oxygen atoms in total. The van der Waals surface area contributed by atoms with E-state index in [1.54, 1.807) is 12.1 Å². The van der Waals surface area contributed by atoms with Gasteiger partial charge in [-0.05, 0) is 68.1 Å². The van der Waals surface area contributed by atoms with Crippen LogP contribution in [-0.4, -0.2) is 83.8 Å². The number of imide groups is 2. The first-order chi connectivity index (χ1) is 21.8. The van der Waals surface area contributed by atoms with Crippen molar-refractivity contribution >= 4 is 35.4 Å². The maximum absolute atomic E-state index is 13.6. The second-order valence-corrected chi connectivity index (χ2v) is 13.2. The molecule has 0 bridgehead atoms. The summed E-state index contributed by atoms with van der Waals surface area (Å²) in [6, 6.07) is 14.8. The Bertz CT molecular complexity index is 1500. The van der Waals surface area contributed by atoms with Gasteiger partial charge in [-0.25, -0.2) is 4.79 Å². The molecule has 4 aliphatic heterocycles. The molecule has 0 aromatic heterocycles. The molecule has 1 saturated carbocycles. The lowest BCUT2D eigenvalue weighted by Gasteiger charge is -2.56. The van der Waals surface area contributed by atoms with Gasteiger partial charge in [-0.15, -0.1) is 0 Å². The maximum atomic E-state index is 13.6. The molecule has 1 atom stereocenters. The first kappa shape index (κ1) is 29.5. The Kier molecular flexibility index (Phi) is 7.81. The number of hydrogen-bond acceptors (Lipinski definition) is 8. The zero-order chi connectivity index (χ0) is 31.1. The lowest BCUT2D eigenvalue weighted by Crippen LogP contribution is -2.57. The standard InChI is InChI=1S/C34H39N5O6/c40-28-10-9-27(30(41)36-28)39-31(42)25-7-4-8-26(29(25)32(39)43)38-17-13-34(14-18-38)19-24(20-34)37-15-11-23(12-16-37)35-33(44)45-21-22-5-2-1-3-6-22/h1-8,23-24,27H,9-21H2,(H,35,44)(H,36,40,41). The van der Waals surface area contributed by atoms with E-state index >= 15 is 0 Å². The Labute approximate surface area is 262 Å². The average Bonchev–Trinajstić information content (AvgIpc) is 3.29. The average molecular weight is 614 g/mol. The summed E-state index contributed by atoms with van der Waals surface area (Å²) in [5.41, 5.74) is 2.72. The van der Waals surface area contributed by atoms with Gasteiger partial charge in [0.05, 0.1) is 16.8 Å². The van der Waals surface area contributed by atoms with Gasteiger partial charge in [-0.3, -0.25) is 29.4 Å².